The maximum absolute atomic E-state index is 11.4. The number of nitrogens with zero attached hydrogens (tertiary/aromatic N) is 2. The third-order valence-corrected chi connectivity index (χ3v) is 3.68. The predicted molar refractivity (Wildman–Crippen MR) is 79.0 cm³/mol. The Hall–Kier alpha value is -2.15. The van der Waals surface area contributed by atoms with Gasteiger partial charge in [0.2, 0.25) is 0 Å². The van der Waals surface area contributed by atoms with E-state index >= 15 is 0 Å². The van der Waals surface area contributed by atoms with Crippen LogP contribution in [0.3, 0.4) is 0 Å². The molecule has 7 heteroatoms. The lowest BCUT2D eigenvalue weighted by atomic mass is 10.3. The van der Waals surface area contributed by atoms with Crippen LogP contribution in [0.15, 0.2) is 41.6 Å². The van der Waals surface area contributed by atoms with E-state index in [0.29, 0.717) is 11.6 Å². The molecule has 0 saturated carbocycles. The summed E-state index contributed by atoms with van der Waals surface area (Å²) in [6.45, 7) is 2.74. The van der Waals surface area contributed by atoms with Gasteiger partial charge in [-0.05, 0) is 31.2 Å². The van der Waals surface area contributed by atoms with Crippen molar-refractivity contribution in [1.82, 2.24) is 9.97 Å². The molecule has 1 aromatic carbocycles. The summed E-state index contributed by atoms with van der Waals surface area (Å²) in [5, 5.41) is 6.14. The first-order chi connectivity index (χ1) is 9.49. The third-order valence-electron chi connectivity index (χ3n) is 2.55. The molecule has 0 amide bonds. The lowest BCUT2D eigenvalue weighted by molar-refractivity contribution is 0.602. The molecule has 1 heterocycles. The first-order valence-corrected chi connectivity index (χ1v) is 8.01. The molecule has 0 unspecified atom stereocenters. The lowest BCUT2D eigenvalue weighted by Gasteiger charge is -2.08. The van der Waals surface area contributed by atoms with Crippen LogP contribution in [-0.2, 0) is 9.84 Å². The van der Waals surface area contributed by atoms with Gasteiger partial charge in [0.1, 0.15) is 5.82 Å². The minimum atomic E-state index is -3.17. The highest BCUT2D eigenvalue weighted by atomic mass is 32.2. The molecular formula is C13H16N4O2S. The van der Waals surface area contributed by atoms with Crippen molar-refractivity contribution in [2.24, 2.45) is 0 Å². The molecule has 0 aliphatic heterocycles. The fourth-order valence-electron chi connectivity index (χ4n) is 1.63. The number of hydrogen-bond donors (Lipinski definition) is 2. The maximum atomic E-state index is 11.4. The van der Waals surface area contributed by atoms with Gasteiger partial charge in [-0.3, -0.25) is 4.98 Å². The highest BCUT2D eigenvalue weighted by Crippen LogP contribution is 2.18. The van der Waals surface area contributed by atoms with Crippen molar-refractivity contribution < 1.29 is 8.42 Å². The van der Waals surface area contributed by atoms with Crippen molar-refractivity contribution >= 4 is 27.2 Å². The normalized spacial score (nSPS) is 11.1. The molecule has 0 bridgehead atoms. The Bertz CT molecular complexity index is 684. The van der Waals surface area contributed by atoms with Crippen molar-refractivity contribution in [3.8, 4) is 0 Å². The number of nitrogens with one attached hydrogen (secondary N) is 2. The maximum Gasteiger partial charge on any atom is 0.175 e. The molecular weight excluding hydrogens is 276 g/mol. The SMILES string of the molecule is CCNc1cncc(Nc2ccc(S(C)(=O)=O)cc2)n1. The minimum Gasteiger partial charge on any atom is -0.369 e. The Kier molecular flexibility index (Phi) is 4.19. The standard InChI is InChI=1S/C13H16N4O2S/c1-3-15-12-8-14-9-13(17-12)16-10-4-6-11(7-5-10)20(2,18)19/h4-9H,3H2,1-2H3,(H2,15,16,17). The summed E-state index contributed by atoms with van der Waals surface area (Å²) in [6, 6.07) is 6.49. The Balaban J connectivity index is 2.16. The van der Waals surface area contributed by atoms with Gasteiger partial charge in [0.15, 0.2) is 15.7 Å². The first kappa shape index (κ1) is 14.3. The van der Waals surface area contributed by atoms with E-state index in [1.165, 1.54) is 6.26 Å². The monoisotopic (exact) mass is 292 g/mol. The zero-order valence-corrected chi connectivity index (χ0v) is 12.1. The third kappa shape index (κ3) is 3.67. The topological polar surface area (TPSA) is 84.0 Å². The second-order valence-corrected chi connectivity index (χ2v) is 6.26. The molecule has 106 valence electrons. The first-order valence-electron chi connectivity index (χ1n) is 6.12. The quantitative estimate of drug-likeness (QED) is 0.877. The van der Waals surface area contributed by atoms with Gasteiger partial charge in [-0.2, -0.15) is 0 Å². The highest BCUT2D eigenvalue weighted by Gasteiger charge is 2.06. The van der Waals surface area contributed by atoms with Gasteiger partial charge in [0.25, 0.3) is 0 Å². The van der Waals surface area contributed by atoms with E-state index in [9.17, 15) is 8.42 Å². The summed E-state index contributed by atoms with van der Waals surface area (Å²) in [7, 11) is -3.17. The number of aromatic nitrogens is 2. The number of sulfone groups is 1. The Morgan fingerprint density at radius 2 is 1.75 bits per heavy atom. The van der Waals surface area contributed by atoms with Crippen molar-refractivity contribution in [3.63, 3.8) is 0 Å². The van der Waals surface area contributed by atoms with Crippen molar-refractivity contribution in [2.75, 3.05) is 23.4 Å². The average molecular weight is 292 g/mol. The van der Waals surface area contributed by atoms with Gasteiger partial charge in [0, 0.05) is 18.5 Å². The van der Waals surface area contributed by atoms with Gasteiger partial charge in [-0.25, -0.2) is 13.4 Å². The Morgan fingerprint density at radius 3 is 2.35 bits per heavy atom. The summed E-state index contributed by atoms with van der Waals surface area (Å²) in [4.78, 5) is 8.69. The second kappa shape index (κ2) is 5.87. The van der Waals surface area contributed by atoms with Gasteiger partial charge in [-0.1, -0.05) is 0 Å². The molecule has 2 N–H and O–H groups in total. The number of benzene rings is 1. The van der Waals surface area contributed by atoms with Crippen LogP contribution < -0.4 is 10.6 Å². The molecule has 0 fully saturated rings. The predicted octanol–water partition coefficient (Wildman–Crippen LogP) is 2.06. The fourth-order valence-corrected chi connectivity index (χ4v) is 2.26. The molecule has 1 aromatic heterocycles. The number of anilines is 3. The van der Waals surface area contributed by atoms with E-state index in [-0.39, 0.29) is 4.90 Å². The van der Waals surface area contributed by atoms with E-state index in [1.807, 2.05) is 6.92 Å². The Morgan fingerprint density at radius 1 is 1.10 bits per heavy atom. The summed E-state index contributed by atoms with van der Waals surface area (Å²) in [6.07, 6.45) is 4.42. The van der Waals surface area contributed by atoms with E-state index in [4.69, 9.17) is 0 Å². The largest absolute Gasteiger partial charge is 0.369 e. The summed E-state index contributed by atoms with van der Waals surface area (Å²) < 4.78 is 22.7. The van der Waals surface area contributed by atoms with Crippen LogP contribution in [-0.4, -0.2) is 31.2 Å². The van der Waals surface area contributed by atoms with Crippen molar-refractivity contribution in [3.05, 3.63) is 36.7 Å². The zero-order chi connectivity index (χ0) is 14.6. The molecule has 6 nitrogen and oxygen atoms in total. The molecule has 0 saturated heterocycles. The molecule has 0 spiro atoms. The van der Waals surface area contributed by atoms with E-state index in [0.717, 1.165) is 12.2 Å². The summed E-state index contributed by atoms with van der Waals surface area (Å²) in [5.74, 6) is 1.28. The van der Waals surface area contributed by atoms with Crippen LogP contribution in [0.1, 0.15) is 6.92 Å². The molecule has 0 atom stereocenters. The summed E-state index contributed by atoms with van der Waals surface area (Å²) >= 11 is 0. The van der Waals surface area contributed by atoms with Gasteiger partial charge >= 0.3 is 0 Å². The Labute approximate surface area is 118 Å². The fraction of sp³-hybridized carbons (Fsp3) is 0.231. The molecule has 20 heavy (non-hydrogen) atoms. The van der Waals surface area contributed by atoms with Crippen molar-refractivity contribution in [1.29, 1.82) is 0 Å². The van der Waals surface area contributed by atoms with Gasteiger partial charge in [0.05, 0.1) is 17.3 Å². The molecule has 2 rings (SSSR count). The van der Waals surface area contributed by atoms with E-state index < -0.39 is 9.84 Å². The van der Waals surface area contributed by atoms with Crippen molar-refractivity contribution in [2.45, 2.75) is 11.8 Å². The zero-order valence-electron chi connectivity index (χ0n) is 11.3. The van der Waals surface area contributed by atoms with Gasteiger partial charge < -0.3 is 10.6 Å². The molecule has 0 radical (unpaired) electrons. The van der Waals surface area contributed by atoms with Crippen LogP contribution >= 0.6 is 0 Å². The van der Waals surface area contributed by atoms with Crippen LogP contribution in [0.4, 0.5) is 17.3 Å². The van der Waals surface area contributed by atoms with Gasteiger partial charge in [-0.15, -0.1) is 0 Å². The van der Waals surface area contributed by atoms with Crippen LogP contribution in [0.2, 0.25) is 0 Å². The average Bonchev–Trinajstić information content (AvgIpc) is 2.39. The van der Waals surface area contributed by atoms with E-state index in [2.05, 4.69) is 20.6 Å². The lowest BCUT2D eigenvalue weighted by Crippen LogP contribution is -2.02. The van der Waals surface area contributed by atoms with E-state index in [1.54, 1.807) is 36.7 Å². The molecule has 0 aliphatic rings. The van der Waals surface area contributed by atoms with Crippen LogP contribution in [0.25, 0.3) is 0 Å². The molecule has 0 aliphatic carbocycles. The molecule has 2 aromatic rings. The van der Waals surface area contributed by atoms with Crippen LogP contribution in [0.5, 0.6) is 0 Å². The smallest absolute Gasteiger partial charge is 0.175 e. The minimum absolute atomic E-state index is 0.288. The van der Waals surface area contributed by atoms with Crippen LogP contribution in [0, 0.1) is 0 Å². The summed E-state index contributed by atoms with van der Waals surface area (Å²) in [5.41, 5.74) is 0.750. The number of hydrogen-bond acceptors (Lipinski definition) is 6. The highest BCUT2D eigenvalue weighted by molar-refractivity contribution is 7.90. The second-order valence-electron chi connectivity index (χ2n) is 4.24. The number of rotatable bonds is 5.